The minimum Gasteiger partial charge on any atom is -0.493 e. The molecule has 5 heteroatoms. The predicted molar refractivity (Wildman–Crippen MR) is 89.7 cm³/mol. The average Bonchev–Trinajstić information content (AvgIpc) is 2.49. The van der Waals surface area contributed by atoms with Gasteiger partial charge in [-0.25, -0.2) is 4.79 Å². The molecule has 1 atom stereocenters. The SMILES string of the molecule is CCCC(NC(=O)CCCCOc1cc(C)ccc1C)C(=O)O. The number of hydrogen-bond acceptors (Lipinski definition) is 3. The Kier molecular flexibility index (Phi) is 8.16. The minimum atomic E-state index is -0.974. The zero-order chi connectivity index (χ0) is 17.2. The molecule has 0 fully saturated rings. The van der Waals surface area contributed by atoms with Crippen LogP contribution in [-0.4, -0.2) is 29.6 Å². The fourth-order valence-electron chi connectivity index (χ4n) is 2.25. The van der Waals surface area contributed by atoms with Gasteiger partial charge in [0.2, 0.25) is 5.91 Å². The highest BCUT2D eigenvalue weighted by molar-refractivity contribution is 5.83. The van der Waals surface area contributed by atoms with Crippen molar-refractivity contribution >= 4 is 11.9 Å². The first-order valence-electron chi connectivity index (χ1n) is 8.16. The second-order valence-electron chi connectivity index (χ2n) is 5.82. The minimum absolute atomic E-state index is 0.211. The van der Waals surface area contributed by atoms with Crippen LogP contribution < -0.4 is 10.1 Å². The van der Waals surface area contributed by atoms with Crippen molar-refractivity contribution in [3.63, 3.8) is 0 Å². The third kappa shape index (κ3) is 7.17. The van der Waals surface area contributed by atoms with Crippen LogP contribution in [0.2, 0.25) is 0 Å². The molecule has 128 valence electrons. The summed E-state index contributed by atoms with van der Waals surface area (Å²) in [6.07, 6.45) is 2.93. The average molecular weight is 321 g/mol. The number of aliphatic carboxylic acids is 1. The van der Waals surface area contributed by atoms with E-state index >= 15 is 0 Å². The standard InChI is InChI=1S/C18H27NO4/c1-4-7-15(18(21)22)19-17(20)8-5-6-11-23-16-12-13(2)9-10-14(16)3/h9-10,12,15H,4-8,11H2,1-3H3,(H,19,20)(H,21,22). The van der Waals surface area contributed by atoms with Crippen molar-refractivity contribution in [1.82, 2.24) is 5.32 Å². The largest absolute Gasteiger partial charge is 0.493 e. The molecule has 0 heterocycles. The number of ether oxygens (including phenoxy) is 1. The van der Waals surface area contributed by atoms with Crippen LogP contribution in [0, 0.1) is 13.8 Å². The maximum absolute atomic E-state index is 11.7. The highest BCUT2D eigenvalue weighted by atomic mass is 16.5. The number of aryl methyl sites for hydroxylation is 2. The molecule has 0 aliphatic heterocycles. The number of rotatable bonds is 10. The van der Waals surface area contributed by atoms with Gasteiger partial charge in [0, 0.05) is 6.42 Å². The van der Waals surface area contributed by atoms with Crippen LogP contribution in [0.3, 0.4) is 0 Å². The van der Waals surface area contributed by atoms with Crippen molar-refractivity contribution in [3.05, 3.63) is 29.3 Å². The van der Waals surface area contributed by atoms with Crippen LogP contribution >= 0.6 is 0 Å². The molecule has 5 nitrogen and oxygen atoms in total. The zero-order valence-electron chi connectivity index (χ0n) is 14.2. The summed E-state index contributed by atoms with van der Waals surface area (Å²) in [6, 6.07) is 5.29. The quantitative estimate of drug-likeness (QED) is 0.649. The lowest BCUT2D eigenvalue weighted by Gasteiger charge is -2.13. The number of carboxylic acid groups (broad SMARTS) is 1. The molecule has 0 saturated heterocycles. The van der Waals surface area contributed by atoms with E-state index in [4.69, 9.17) is 9.84 Å². The van der Waals surface area contributed by atoms with E-state index in [-0.39, 0.29) is 5.91 Å². The number of carbonyl (C=O) groups is 2. The molecule has 0 saturated carbocycles. The smallest absolute Gasteiger partial charge is 0.326 e. The van der Waals surface area contributed by atoms with Crippen LogP contribution in [-0.2, 0) is 9.59 Å². The molecule has 1 amide bonds. The molecule has 0 bridgehead atoms. The summed E-state index contributed by atoms with van der Waals surface area (Å²) in [5.41, 5.74) is 2.25. The topological polar surface area (TPSA) is 75.6 Å². The summed E-state index contributed by atoms with van der Waals surface area (Å²) >= 11 is 0. The first kappa shape index (κ1) is 19.0. The van der Waals surface area contributed by atoms with Gasteiger partial charge in [0.15, 0.2) is 0 Å². The van der Waals surface area contributed by atoms with Crippen LogP contribution in [0.5, 0.6) is 5.75 Å². The lowest BCUT2D eigenvalue weighted by molar-refractivity contribution is -0.142. The Morgan fingerprint density at radius 1 is 1.26 bits per heavy atom. The Morgan fingerprint density at radius 2 is 2.00 bits per heavy atom. The molecular formula is C18H27NO4. The number of carbonyl (C=O) groups excluding carboxylic acids is 1. The van der Waals surface area contributed by atoms with E-state index in [1.807, 2.05) is 39.0 Å². The molecule has 1 unspecified atom stereocenters. The number of carboxylic acids is 1. The van der Waals surface area contributed by atoms with Gasteiger partial charge in [0.25, 0.3) is 0 Å². The molecule has 23 heavy (non-hydrogen) atoms. The van der Waals surface area contributed by atoms with Gasteiger partial charge in [-0.3, -0.25) is 4.79 Å². The molecular weight excluding hydrogens is 294 g/mol. The maximum atomic E-state index is 11.7. The van der Waals surface area contributed by atoms with E-state index in [0.29, 0.717) is 25.9 Å². The van der Waals surface area contributed by atoms with E-state index in [9.17, 15) is 9.59 Å². The maximum Gasteiger partial charge on any atom is 0.326 e. The molecule has 0 aromatic heterocycles. The third-order valence-electron chi connectivity index (χ3n) is 3.61. The molecule has 0 aliphatic carbocycles. The van der Waals surface area contributed by atoms with Crippen LogP contribution in [0.25, 0.3) is 0 Å². The fourth-order valence-corrected chi connectivity index (χ4v) is 2.25. The van der Waals surface area contributed by atoms with Gasteiger partial charge in [0.05, 0.1) is 6.61 Å². The zero-order valence-corrected chi connectivity index (χ0v) is 14.2. The number of hydrogen-bond donors (Lipinski definition) is 2. The van der Waals surface area contributed by atoms with Gasteiger partial charge in [-0.15, -0.1) is 0 Å². The summed E-state index contributed by atoms with van der Waals surface area (Å²) in [5.74, 6) is -0.306. The second-order valence-corrected chi connectivity index (χ2v) is 5.82. The van der Waals surface area contributed by atoms with Gasteiger partial charge in [0.1, 0.15) is 11.8 Å². The lowest BCUT2D eigenvalue weighted by Crippen LogP contribution is -2.40. The van der Waals surface area contributed by atoms with Crippen LogP contribution in [0.4, 0.5) is 0 Å². The van der Waals surface area contributed by atoms with Gasteiger partial charge in [-0.05, 0) is 50.3 Å². The van der Waals surface area contributed by atoms with E-state index in [0.717, 1.165) is 29.7 Å². The number of benzene rings is 1. The first-order chi connectivity index (χ1) is 10.9. The monoisotopic (exact) mass is 321 g/mol. The van der Waals surface area contributed by atoms with E-state index < -0.39 is 12.0 Å². The molecule has 1 rings (SSSR count). The van der Waals surface area contributed by atoms with Crippen molar-refractivity contribution in [2.45, 2.75) is 58.9 Å². The molecule has 1 aromatic rings. The Morgan fingerprint density at radius 3 is 2.65 bits per heavy atom. The number of amides is 1. The Bertz CT molecular complexity index is 528. The van der Waals surface area contributed by atoms with Gasteiger partial charge < -0.3 is 15.2 Å². The highest BCUT2D eigenvalue weighted by Gasteiger charge is 2.18. The summed E-state index contributed by atoms with van der Waals surface area (Å²) in [7, 11) is 0. The lowest BCUT2D eigenvalue weighted by atomic mass is 10.1. The first-order valence-corrected chi connectivity index (χ1v) is 8.16. The molecule has 0 spiro atoms. The van der Waals surface area contributed by atoms with Gasteiger partial charge >= 0.3 is 5.97 Å². The van der Waals surface area contributed by atoms with Crippen molar-refractivity contribution in [2.75, 3.05) is 6.61 Å². The summed E-state index contributed by atoms with van der Waals surface area (Å²) in [4.78, 5) is 22.7. The van der Waals surface area contributed by atoms with Gasteiger partial charge in [-0.1, -0.05) is 25.5 Å². The fraction of sp³-hybridized carbons (Fsp3) is 0.556. The van der Waals surface area contributed by atoms with Crippen LogP contribution in [0.15, 0.2) is 18.2 Å². The third-order valence-corrected chi connectivity index (χ3v) is 3.61. The summed E-state index contributed by atoms with van der Waals surface area (Å²) in [6.45, 7) is 6.47. The molecule has 2 N–H and O–H groups in total. The molecule has 0 radical (unpaired) electrons. The van der Waals surface area contributed by atoms with E-state index in [1.165, 1.54) is 0 Å². The number of unbranched alkanes of at least 4 members (excludes halogenated alkanes) is 1. The van der Waals surface area contributed by atoms with Crippen molar-refractivity contribution in [2.24, 2.45) is 0 Å². The Labute approximate surface area is 138 Å². The second kappa shape index (κ2) is 9.87. The summed E-state index contributed by atoms with van der Waals surface area (Å²) in [5, 5.41) is 11.6. The van der Waals surface area contributed by atoms with E-state index in [1.54, 1.807) is 0 Å². The number of nitrogens with one attached hydrogen (secondary N) is 1. The van der Waals surface area contributed by atoms with E-state index in [2.05, 4.69) is 5.32 Å². The normalized spacial score (nSPS) is 11.8. The highest BCUT2D eigenvalue weighted by Crippen LogP contribution is 2.19. The predicted octanol–water partition coefficient (Wildman–Crippen LogP) is 3.22. The summed E-state index contributed by atoms with van der Waals surface area (Å²) < 4.78 is 5.73. The van der Waals surface area contributed by atoms with Crippen molar-refractivity contribution < 1.29 is 19.4 Å². The van der Waals surface area contributed by atoms with Crippen molar-refractivity contribution in [1.29, 1.82) is 0 Å². The molecule has 1 aromatic carbocycles. The van der Waals surface area contributed by atoms with Crippen LogP contribution in [0.1, 0.15) is 50.2 Å². The van der Waals surface area contributed by atoms with Crippen molar-refractivity contribution in [3.8, 4) is 5.75 Å². The van der Waals surface area contributed by atoms with Gasteiger partial charge in [-0.2, -0.15) is 0 Å². The molecule has 0 aliphatic rings. The Balaban J connectivity index is 2.25. The Hall–Kier alpha value is -2.04.